The maximum atomic E-state index is 11.0. The molecule has 1 heteroatoms. The summed E-state index contributed by atoms with van der Waals surface area (Å²) in [6.07, 6.45) is 2.26. The van der Waals surface area contributed by atoms with Crippen LogP contribution in [0.2, 0.25) is 0 Å². The number of unbranched alkanes of at least 4 members (excludes halogenated alkanes) is 1. The lowest BCUT2D eigenvalue weighted by Crippen LogP contribution is -1.96. The van der Waals surface area contributed by atoms with Gasteiger partial charge in [-0.1, -0.05) is 6.58 Å². The summed E-state index contributed by atoms with van der Waals surface area (Å²) >= 11 is 0. The molecule has 11 heavy (non-hydrogen) atoms. The van der Waals surface area contributed by atoms with E-state index in [0.717, 1.165) is 12.8 Å². The molecule has 0 atom stereocenters. The number of Topliss-reactive ketones (excluding diaryl/α,β-unsaturated/α-hetero) is 1. The van der Waals surface area contributed by atoms with Gasteiger partial charge in [-0.15, -0.1) is 11.8 Å². The molecule has 0 unspecified atom stereocenters. The van der Waals surface area contributed by atoms with Gasteiger partial charge in [0, 0.05) is 12.8 Å². The minimum absolute atomic E-state index is 0.155. The third-order valence-corrected chi connectivity index (χ3v) is 1.36. The Morgan fingerprint density at radius 1 is 1.55 bits per heavy atom. The van der Waals surface area contributed by atoms with Gasteiger partial charge >= 0.3 is 0 Å². The fourth-order valence-electron chi connectivity index (χ4n) is 0.676. The van der Waals surface area contributed by atoms with Crippen molar-refractivity contribution in [2.75, 3.05) is 0 Å². The van der Waals surface area contributed by atoms with E-state index < -0.39 is 0 Å². The van der Waals surface area contributed by atoms with Crippen molar-refractivity contribution in [3.05, 3.63) is 12.2 Å². The smallest absolute Gasteiger partial charge is 0.158 e. The van der Waals surface area contributed by atoms with E-state index in [2.05, 4.69) is 18.4 Å². The van der Waals surface area contributed by atoms with Gasteiger partial charge in [0.15, 0.2) is 5.78 Å². The molecule has 0 aliphatic heterocycles. The van der Waals surface area contributed by atoms with Crippen LogP contribution in [0.4, 0.5) is 0 Å². The molecule has 0 aliphatic carbocycles. The van der Waals surface area contributed by atoms with Crippen LogP contribution < -0.4 is 0 Å². The lowest BCUT2D eigenvalue weighted by molar-refractivity contribution is -0.115. The molecule has 0 aliphatic rings. The second-order valence-electron chi connectivity index (χ2n) is 2.48. The predicted molar refractivity (Wildman–Crippen MR) is 47.1 cm³/mol. The van der Waals surface area contributed by atoms with Gasteiger partial charge in [0.1, 0.15) is 0 Å². The molecule has 0 fully saturated rings. The van der Waals surface area contributed by atoms with E-state index >= 15 is 0 Å². The molecule has 0 saturated carbocycles. The number of hydrogen-bond acceptors (Lipinski definition) is 1. The van der Waals surface area contributed by atoms with Crippen molar-refractivity contribution >= 4 is 5.78 Å². The highest BCUT2D eigenvalue weighted by Crippen LogP contribution is 2.00. The Hall–Kier alpha value is -1.03. The summed E-state index contributed by atoms with van der Waals surface area (Å²) in [5.74, 6) is 5.85. The monoisotopic (exact) mass is 150 g/mol. The van der Waals surface area contributed by atoms with Crippen molar-refractivity contribution in [3.8, 4) is 11.8 Å². The van der Waals surface area contributed by atoms with Crippen LogP contribution >= 0.6 is 0 Å². The molecule has 0 aromatic heterocycles. The minimum Gasteiger partial charge on any atom is -0.295 e. The Balaban J connectivity index is 3.45. The lowest BCUT2D eigenvalue weighted by Gasteiger charge is -1.94. The van der Waals surface area contributed by atoms with Gasteiger partial charge < -0.3 is 0 Å². The van der Waals surface area contributed by atoms with Crippen LogP contribution in [-0.2, 0) is 4.79 Å². The van der Waals surface area contributed by atoms with Crippen molar-refractivity contribution in [2.24, 2.45) is 0 Å². The molecule has 0 spiro atoms. The average molecular weight is 150 g/mol. The first kappa shape index (κ1) is 9.97. The van der Waals surface area contributed by atoms with Gasteiger partial charge in [-0.2, -0.15) is 0 Å². The molecule has 0 amide bonds. The highest BCUT2D eigenvalue weighted by atomic mass is 16.1. The van der Waals surface area contributed by atoms with Crippen molar-refractivity contribution in [3.63, 3.8) is 0 Å². The molecule has 0 aromatic carbocycles. The van der Waals surface area contributed by atoms with Gasteiger partial charge in [-0.05, 0) is 25.8 Å². The summed E-state index contributed by atoms with van der Waals surface area (Å²) < 4.78 is 0. The Morgan fingerprint density at radius 3 is 2.64 bits per heavy atom. The summed E-state index contributed by atoms with van der Waals surface area (Å²) in [6.45, 7) is 7.12. The largest absolute Gasteiger partial charge is 0.295 e. The summed E-state index contributed by atoms with van der Waals surface area (Å²) in [4.78, 5) is 11.0. The zero-order valence-electron chi connectivity index (χ0n) is 7.24. The second-order valence-corrected chi connectivity index (χ2v) is 2.48. The molecule has 0 rings (SSSR count). The van der Waals surface area contributed by atoms with Crippen molar-refractivity contribution in [1.29, 1.82) is 0 Å². The van der Waals surface area contributed by atoms with Crippen LogP contribution in [0.25, 0.3) is 0 Å². The van der Waals surface area contributed by atoms with Crippen LogP contribution in [0.1, 0.15) is 33.1 Å². The van der Waals surface area contributed by atoms with Crippen LogP contribution in [0, 0.1) is 11.8 Å². The fourth-order valence-corrected chi connectivity index (χ4v) is 0.676. The molecular formula is C10H14O. The Labute approximate surface area is 68.5 Å². The lowest BCUT2D eigenvalue weighted by atomic mass is 10.1. The van der Waals surface area contributed by atoms with Gasteiger partial charge in [0.05, 0.1) is 0 Å². The highest BCUT2D eigenvalue weighted by Gasteiger charge is 1.99. The third kappa shape index (κ3) is 5.42. The molecule has 60 valence electrons. The van der Waals surface area contributed by atoms with Gasteiger partial charge in [-0.25, -0.2) is 0 Å². The predicted octanol–water partition coefficient (Wildman–Crippen LogP) is 2.33. The van der Waals surface area contributed by atoms with Gasteiger partial charge in [0.2, 0.25) is 0 Å². The summed E-state index contributed by atoms with van der Waals surface area (Å²) in [7, 11) is 0. The maximum Gasteiger partial charge on any atom is 0.158 e. The number of allylic oxidation sites excluding steroid dienone is 1. The number of rotatable bonds is 4. The number of hydrogen-bond donors (Lipinski definition) is 0. The molecule has 0 aromatic rings. The zero-order chi connectivity index (χ0) is 8.69. The Morgan fingerprint density at radius 2 is 2.18 bits per heavy atom. The maximum absolute atomic E-state index is 11.0. The Bertz CT molecular complexity index is 203. The van der Waals surface area contributed by atoms with E-state index in [1.54, 1.807) is 13.8 Å². The molecule has 1 nitrogen and oxygen atoms in total. The third-order valence-electron chi connectivity index (χ3n) is 1.36. The van der Waals surface area contributed by atoms with Crippen LogP contribution in [0.5, 0.6) is 0 Å². The fraction of sp³-hybridized carbons (Fsp3) is 0.500. The van der Waals surface area contributed by atoms with Gasteiger partial charge in [0.25, 0.3) is 0 Å². The van der Waals surface area contributed by atoms with E-state index in [-0.39, 0.29) is 5.78 Å². The second kappa shape index (κ2) is 5.73. The normalized spacial score (nSPS) is 8.18. The SMILES string of the molecule is C=C(C)C(=O)CCCC#CC. The molecular weight excluding hydrogens is 136 g/mol. The van der Waals surface area contributed by atoms with E-state index in [1.165, 1.54) is 0 Å². The van der Waals surface area contributed by atoms with Crippen molar-refractivity contribution in [2.45, 2.75) is 33.1 Å². The number of ketones is 1. The first-order valence-corrected chi connectivity index (χ1v) is 3.76. The van der Waals surface area contributed by atoms with Gasteiger partial charge in [-0.3, -0.25) is 4.79 Å². The molecule has 0 radical (unpaired) electrons. The van der Waals surface area contributed by atoms with Crippen molar-refractivity contribution < 1.29 is 4.79 Å². The molecule has 0 bridgehead atoms. The first-order chi connectivity index (χ1) is 5.18. The van der Waals surface area contributed by atoms with E-state index in [4.69, 9.17) is 0 Å². The molecule has 0 N–H and O–H groups in total. The number of carbonyl (C=O) groups is 1. The zero-order valence-corrected chi connectivity index (χ0v) is 7.24. The van der Waals surface area contributed by atoms with Crippen molar-refractivity contribution in [1.82, 2.24) is 0 Å². The highest BCUT2D eigenvalue weighted by molar-refractivity contribution is 5.93. The summed E-state index contributed by atoms with van der Waals surface area (Å²) in [5, 5.41) is 0. The van der Waals surface area contributed by atoms with Crippen LogP contribution in [-0.4, -0.2) is 5.78 Å². The average Bonchev–Trinajstić information content (AvgIpc) is 1.97. The van der Waals surface area contributed by atoms with E-state index in [9.17, 15) is 4.79 Å². The summed E-state index contributed by atoms with van der Waals surface area (Å²) in [5.41, 5.74) is 0.648. The topological polar surface area (TPSA) is 17.1 Å². The summed E-state index contributed by atoms with van der Waals surface area (Å²) in [6, 6.07) is 0. The Kier molecular flexibility index (Phi) is 5.20. The van der Waals surface area contributed by atoms with Crippen LogP contribution in [0.3, 0.4) is 0 Å². The molecule has 0 saturated heterocycles. The van der Waals surface area contributed by atoms with Crippen LogP contribution in [0.15, 0.2) is 12.2 Å². The molecule has 0 heterocycles. The minimum atomic E-state index is 0.155. The first-order valence-electron chi connectivity index (χ1n) is 3.76. The van der Waals surface area contributed by atoms with E-state index in [1.807, 2.05) is 0 Å². The quantitative estimate of drug-likeness (QED) is 0.341. The van der Waals surface area contributed by atoms with E-state index in [0.29, 0.717) is 12.0 Å². The number of carbonyl (C=O) groups excluding carboxylic acids is 1. The standard InChI is InChI=1S/C10H14O/c1-4-5-6-7-8-10(11)9(2)3/h2,6-8H2,1,3H3.